The minimum atomic E-state index is -4.29. The smallest absolute Gasteiger partial charge is 0.390 e. The predicted octanol–water partition coefficient (Wildman–Crippen LogP) is 1.14. The molecule has 1 fully saturated rings. The van der Waals surface area contributed by atoms with E-state index in [1.54, 1.807) is 0 Å². The van der Waals surface area contributed by atoms with Crippen molar-refractivity contribution < 1.29 is 22.7 Å². The summed E-state index contributed by atoms with van der Waals surface area (Å²) in [6, 6.07) is 0. The van der Waals surface area contributed by atoms with Crippen molar-refractivity contribution >= 4 is 23.1 Å². The average molecular weight is 284 g/mol. The van der Waals surface area contributed by atoms with Gasteiger partial charge in [-0.05, 0) is 12.8 Å². The summed E-state index contributed by atoms with van der Waals surface area (Å²) in [6.07, 6.45) is -4.75. The standard InChI is InChI=1S/C10H15F3N2O2S/c11-10(12,13)1-4-15-8(16)9(7(14)18)2-5-17-6-3-9/h1-6H2,(H2,14,18)(H,15,16). The summed E-state index contributed by atoms with van der Waals surface area (Å²) in [5.41, 5.74) is 4.48. The molecule has 0 unspecified atom stereocenters. The summed E-state index contributed by atoms with van der Waals surface area (Å²) in [5.74, 6) is -0.539. The molecule has 1 aliphatic heterocycles. The molecule has 0 atom stereocenters. The van der Waals surface area contributed by atoms with E-state index in [4.69, 9.17) is 22.7 Å². The molecule has 1 amide bonds. The van der Waals surface area contributed by atoms with Crippen molar-refractivity contribution in [1.29, 1.82) is 0 Å². The van der Waals surface area contributed by atoms with E-state index >= 15 is 0 Å². The van der Waals surface area contributed by atoms with Crippen LogP contribution in [0.3, 0.4) is 0 Å². The third-order valence-corrected chi connectivity index (χ3v) is 3.34. The summed E-state index contributed by atoms with van der Waals surface area (Å²) in [6.45, 7) is 0.182. The fourth-order valence-corrected chi connectivity index (χ4v) is 2.09. The van der Waals surface area contributed by atoms with Gasteiger partial charge in [-0.1, -0.05) is 12.2 Å². The fraction of sp³-hybridized carbons (Fsp3) is 0.800. The number of halogens is 3. The van der Waals surface area contributed by atoms with E-state index in [0.29, 0.717) is 26.1 Å². The third kappa shape index (κ3) is 3.81. The van der Waals surface area contributed by atoms with Crippen molar-refractivity contribution in [2.75, 3.05) is 19.8 Å². The largest absolute Gasteiger partial charge is 0.392 e. The summed E-state index contributed by atoms with van der Waals surface area (Å²) in [5, 5.41) is 2.25. The van der Waals surface area contributed by atoms with Gasteiger partial charge in [0.25, 0.3) is 0 Å². The van der Waals surface area contributed by atoms with Crippen molar-refractivity contribution in [3.05, 3.63) is 0 Å². The maximum Gasteiger partial charge on any atom is 0.390 e. The van der Waals surface area contributed by atoms with Gasteiger partial charge in [0.1, 0.15) is 5.41 Å². The first-order valence-electron chi connectivity index (χ1n) is 5.51. The number of hydrogen-bond donors (Lipinski definition) is 2. The quantitative estimate of drug-likeness (QED) is 0.760. The van der Waals surface area contributed by atoms with Crippen LogP contribution in [0.4, 0.5) is 13.2 Å². The Morgan fingerprint density at radius 3 is 2.39 bits per heavy atom. The number of thiocarbonyl (C=S) groups is 1. The van der Waals surface area contributed by atoms with E-state index in [1.165, 1.54) is 0 Å². The molecule has 0 spiro atoms. The highest BCUT2D eigenvalue weighted by molar-refractivity contribution is 7.80. The van der Waals surface area contributed by atoms with Gasteiger partial charge in [0.15, 0.2) is 0 Å². The van der Waals surface area contributed by atoms with E-state index in [1.807, 2.05) is 0 Å². The van der Waals surface area contributed by atoms with E-state index in [9.17, 15) is 18.0 Å². The third-order valence-electron chi connectivity index (χ3n) is 2.95. The van der Waals surface area contributed by atoms with E-state index in [-0.39, 0.29) is 4.99 Å². The molecule has 104 valence electrons. The lowest BCUT2D eigenvalue weighted by Crippen LogP contribution is -2.52. The number of nitrogens with one attached hydrogen (secondary N) is 1. The molecule has 0 radical (unpaired) electrons. The molecular formula is C10H15F3N2O2S. The number of alkyl halides is 3. The van der Waals surface area contributed by atoms with Crippen LogP contribution in [0.15, 0.2) is 0 Å². The number of carbonyl (C=O) groups excluding carboxylic acids is 1. The normalized spacial score (nSPS) is 19.3. The van der Waals surface area contributed by atoms with Crippen molar-refractivity contribution in [3.8, 4) is 0 Å². The molecule has 0 aromatic rings. The molecular weight excluding hydrogens is 269 g/mol. The number of amides is 1. The molecule has 0 bridgehead atoms. The van der Waals surface area contributed by atoms with Crippen LogP contribution in [0.25, 0.3) is 0 Å². The summed E-state index contributed by atoms with van der Waals surface area (Å²) >= 11 is 4.87. The van der Waals surface area contributed by atoms with Gasteiger partial charge in [-0.3, -0.25) is 4.79 Å². The topological polar surface area (TPSA) is 64.4 Å². The maximum absolute atomic E-state index is 12.0. The van der Waals surface area contributed by atoms with Gasteiger partial charge in [0.05, 0.1) is 11.4 Å². The molecule has 8 heteroatoms. The Morgan fingerprint density at radius 1 is 1.39 bits per heavy atom. The highest BCUT2D eigenvalue weighted by atomic mass is 32.1. The molecule has 0 aromatic heterocycles. The first-order chi connectivity index (χ1) is 8.28. The molecule has 0 saturated carbocycles. The van der Waals surface area contributed by atoms with Crippen LogP contribution < -0.4 is 11.1 Å². The van der Waals surface area contributed by atoms with Crippen LogP contribution in [0.1, 0.15) is 19.3 Å². The zero-order valence-electron chi connectivity index (χ0n) is 9.68. The van der Waals surface area contributed by atoms with Crippen LogP contribution >= 0.6 is 12.2 Å². The molecule has 1 aliphatic rings. The van der Waals surface area contributed by atoms with Gasteiger partial charge in [0.2, 0.25) is 5.91 Å². The summed E-state index contributed by atoms with van der Waals surface area (Å²) in [7, 11) is 0. The van der Waals surface area contributed by atoms with Gasteiger partial charge in [0, 0.05) is 19.8 Å². The van der Waals surface area contributed by atoms with Crippen molar-refractivity contribution in [3.63, 3.8) is 0 Å². The lowest BCUT2D eigenvalue weighted by atomic mass is 9.79. The van der Waals surface area contributed by atoms with E-state index < -0.39 is 30.5 Å². The van der Waals surface area contributed by atoms with Crippen molar-refractivity contribution in [2.45, 2.75) is 25.4 Å². The Hall–Kier alpha value is -0.890. The van der Waals surface area contributed by atoms with Gasteiger partial charge >= 0.3 is 6.18 Å². The van der Waals surface area contributed by atoms with Crippen LogP contribution in [0.2, 0.25) is 0 Å². The van der Waals surface area contributed by atoms with Crippen molar-refractivity contribution in [1.82, 2.24) is 5.32 Å². The van der Waals surface area contributed by atoms with Gasteiger partial charge in [-0.15, -0.1) is 0 Å². The van der Waals surface area contributed by atoms with Gasteiger partial charge < -0.3 is 15.8 Å². The van der Waals surface area contributed by atoms with Gasteiger partial charge in [-0.25, -0.2) is 0 Å². The molecule has 1 rings (SSSR count). The number of nitrogens with two attached hydrogens (primary N) is 1. The first-order valence-corrected chi connectivity index (χ1v) is 5.91. The number of ether oxygens (including phenoxy) is 1. The molecule has 3 N–H and O–H groups in total. The fourth-order valence-electron chi connectivity index (χ4n) is 1.79. The predicted molar refractivity (Wildman–Crippen MR) is 63.0 cm³/mol. The Kier molecular flexibility index (Phi) is 4.92. The Balaban J connectivity index is 2.58. The second-order valence-corrected chi connectivity index (χ2v) is 4.62. The van der Waals surface area contributed by atoms with Gasteiger partial charge in [-0.2, -0.15) is 13.2 Å². The maximum atomic E-state index is 12.0. The van der Waals surface area contributed by atoms with E-state index in [2.05, 4.69) is 5.32 Å². The van der Waals surface area contributed by atoms with Crippen LogP contribution in [0, 0.1) is 5.41 Å². The second kappa shape index (κ2) is 5.83. The lowest BCUT2D eigenvalue weighted by molar-refractivity contribution is -0.139. The van der Waals surface area contributed by atoms with Crippen LogP contribution in [-0.4, -0.2) is 36.8 Å². The minimum Gasteiger partial charge on any atom is -0.392 e. The lowest BCUT2D eigenvalue weighted by Gasteiger charge is -2.34. The molecule has 0 aromatic carbocycles. The van der Waals surface area contributed by atoms with Crippen LogP contribution in [-0.2, 0) is 9.53 Å². The molecule has 1 heterocycles. The molecule has 0 aliphatic carbocycles. The summed E-state index contributed by atoms with van der Waals surface area (Å²) < 4.78 is 41.1. The highest BCUT2D eigenvalue weighted by Gasteiger charge is 2.43. The SMILES string of the molecule is NC(=S)C1(C(=O)NCCC(F)(F)F)CCOCC1. The average Bonchev–Trinajstić information content (AvgIpc) is 2.27. The second-order valence-electron chi connectivity index (χ2n) is 4.18. The highest BCUT2D eigenvalue weighted by Crippen LogP contribution is 2.31. The Bertz CT molecular complexity index is 328. The summed E-state index contributed by atoms with van der Waals surface area (Å²) in [4.78, 5) is 12.0. The molecule has 1 saturated heterocycles. The monoisotopic (exact) mass is 284 g/mol. The number of carbonyl (C=O) groups is 1. The molecule has 4 nitrogen and oxygen atoms in total. The first kappa shape index (κ1) is 15.2. The Labute approximate surface area is 108 Å². The van der Waals surface area contributed by atoms with E-state index in [0.717, 1.165) is 0 Å². The minimum absolute atomic E-state index is 0.00955. The zero-order valence-corrected chi connectivity index (χ0v) is 10.5. The Morgan fingerprint density at radius 2 is 1.94 bits per heavy atom. The van der Waals surface area contributed by atoms with Crippen LogP contribution in [0.5, 0.6) is 0 Å². The zero-order chi connectivity index (χ0) is 13.8. The molecule has 18 heavy (non-hydrogen) atoms. The number of hydrogen-bond acceptors (Lipinski definition) is 3. The van der Waals surface area contributed by atoms with Crippen molar-refractivity contribution in [2.24, 2.45) is 11.1 Å². The number of rotatable bonds is 4.